The molecule has 0 unspecified atom stereocenters. The Labute approximate surface area is 184 Å². The summed E-state index contributed by atoms with van der Waals surface area (Å²) in [6, 6.07) is 10.3. The van der Waals surface area contributed by atoms with Crippen molar-refractivity contribution >= 4 is 9.84 Å². The van der Waals surface area contributed by atoms with E-state index in [9.17, 15) is 21.6 Å². The molecule has 1 aromatic heterocycles. The second-order valence-electron chi connectivity index (χ2n) is 7.35. The Kier molecular flexibility index (Phi) is 6.66. The molecule has 10 heteroatoms. The van der Waals surface area contributed by atoms with E-state index in [0.29, 0.717) is 22.4 Å². The van der Waals surface area contributed by atoms with E-state index in [1.807, 2.05) is 0 Å². The molecule has 172 valence electrons. The first-order valence-corrected chi connectivity index (χ1v) is 11.6. The van der Waals surface area contributed by atoms with Gasteiger partial charge >= 0.3 is 6.18 Å². The van der Waals surface area contributed by atoms with Crippen LogP contribution in [0.15, 0.2) is 47.4 Å². The van der Waals surface area contributed by atoms with Gasteiger partial charge in [-0.2, -0.15) is 18.3 Å². The number of hydrogen-bond donors (Lipinski definition) is 1. The van der Waals surface area contributed by atoms with Crippen LogP contribution in [0.25, 0.3) is 22.4 Å². The number of nitrogens with zero attached hydrogens (tertiary/aromatic N) is 2. The molecule has 0 spiro atoms. The number of aliphatic hydroxyl groups is 1. The number of hydrogen-bond acceptors (Lipinski definition) is 5. The zero-order chi connectivity index (χ0) is 23.7. The lowest BCUT2D eigenvalue weighted by atomic mass is 9.97. The number of rotatable bonds is 7. The Hall–Kier alpha value is -2.85. The molecule has 0 aliphatic heterocycles. The fourth-order valence-corrected chi connectivity index (χ4v) is 4.13. The van der Waals surface area contributed by atoms with Crippen LogP contribution < -0.4 is 4.74 Å². The maximum absolute atomic E-state index is 14.2. The second kappa shape index (κ2) is 8.95. The van der Waals surface area contributed by atoms with Crippen LogP contribution in [-0.4, -0.2) is 43.3 Å². The van der Waals surface area contributed by atoms with Crippen LogP contribution in [0.2, 0.25) is 0 Å². The smallest absolute Gasteiger partial charge is 0.433 e. The summed E-state index contributed by atoms with van der Waals surface area (Å²) >= 11 is 0. The molecule has 0 fully saturated rings. The van der Waals surface area contributed by atoms with E-state index in [1.54, 1.807) is 19.1 Å². The van der Waals surface area contributed by atoms with Gasteiger partial charge in [-0.05, 0) is 48.7 Å². The predicted molar refractivity (Wildman–Crippen MR) is 114 cm³/mol. The highest BCUT2D eigenvalue weighted by Gasteiger charge is 2.40. The molecule has 6 nitrogen and oxygen atoms in total. The molecule has 0 amide bonds. The average Bonchev–Trinajstić information content (AvgIpc) is 3.11. The quantitative estimate of drug-likeness (QED) is 0.558. The molecular formula is C22H23F3N2O4S. The normalized spacial score (nSPS) is 12.2. The van der Waals surface area contributed by atoms with E-state index in [4.69, 9.17) is 9.84 Å². The van der Waals surface area contributed by atoms with E-state index < -0.39 is 21.7 Å². The monoisotopic (exact) mass is 468 g/mol. The van der Waals surface area contributed by atoms with Crippen molar-refractivity contribution in [2.75, 3.05) is 20.0 Å². The van der Waals surface area contributed by atoms with E-state index >= 15 is 0 Å². The minimum absolute atomic E-state index is 0.0545. The Bertz CT molecular complexity index is 1220. The molecule has 3 aromatic rings. The highest BCUT2D eigenvalue weighted by atomic mass is 32.2. The summed E-state index contributed by atoms with van der Waals surface area (Å²) in [7, 11) is -1.99. The Morgan fingerprint density at radius 2 is 1.72 bits per heavy atom. The van der Waals surface area contributed by atoms with Crippen LogP contribution in [0.1, 0.15) is 17.7 Å². The molecule has 32 heavy (non-hydrogen) atoms. The SMILES string of the molecule is COc1ccc(-c2c(-c3ccc(S(C)(=O)=O)cc3)nn(CCCO)c2C(F)(F)F)cc1C. The van der Waals surface area contributed by atoms with Crippen molar-refractivity contribution in [1.82, 2.24) is 9.78 Å². The molecule has 0 bridgehead atoms. The standard InChI is InChI=1S/C22H23F3N2O4S/c1-14-13-16(7-10-18(14)31-2)19-20(15-5-8-17(9-6-15)32(3,29)30)26-27(11-4-12-28)21(19)22(23,24)25/h5-10,13,28H,4,11-12H2,1-3H3. The first-order chi connectivity index (χ1) is 15.0. The van der Waals surface area contributed by atoms with Crippen LogP contribution in [0, 0.1) is 6.92 Å². The highest BCUT2D eigenvalue weighted by molar-refractivity contribution is 7.90. The first kappa shape index (κ1) is 23.8. The fraction of sp³-hybridized carbons (Fsp3) is 0.318. The lowest BCUT2D eigenvalue weighted by molar-refractivity contribution is -0.143. The van der Waals surface area contributed by atoms with Crippen molar-refractivity contribution in [3.63, 3.8) is 0 Å². The van der Waals surface area contributed by atoms with Crippen LogP contribution in [-0.2, 0) is 22.6 Å². The number of alkyl halides is 3. The summed E-state index contributed by atoms with van der Waals surface area (Å²) in [5.41, 5.74) is 0.313. The molecule has 1 N–H and O–H groups in total. The third-order valence-corrected chi connectivity index (χ3v) is 6.12. The third kappa shape index (κ3) is 4.81. The van der Waals surface area contributed by atoms with Crippen LogP contribution >= 0.6 is 0 Å². The molecule has 0 aliphatic rings. The first-order valence-electron chi connectivity index (χ1n) is 9.71. The number of halogens is 3. The third-order valence-electron chi connectivity index (χ3n) is 4.99. The van der Waals surface area contributed by atoms with Crippen molar-refractivity contribution < 1.29 is 31.4 Å². The zero-order valence-electron chi connectivity index (χ0n) is 17.8. The van der Waals surface area contributed by atoms with E-state index in [0.717, 1.165) is 10.9 Å². The van der Waals surface area contributed by atoms with E-state index in [2.05, 4.69) is 5.10 Å². The molecule has 3 rings (SSSR count). The van der Waals surface area contributed by atoms with Crippen molar-refractivity contribution in [3.05, 3.63) is 53.7 Å². The lowest BCUT2D eigenvalue weighted by Crippen LogP contribution is -2.16. The fourth-order valence-electron chi connectivity index (χ4n) is 3.50. The minimum atomic E-state index is -4.71. The summed E-state index contributed by atoms with van der Waals surface area (Å²) in [6.07, 6.45) is -3.56. The number of aryl methyl sites for hydroxylation is 2. The Morgan fingerprint density at radius 3 is 2.22 bits per heavy atom. The molecule has 0 radical (unpaired) electrons. The number of ether oxygens (including phenoxy) is 1. The largest absolute Gasteiger partial charge is 0.496 e. The molecule has 1 heterocycles. The van der Waals surface area contributed by atoms with Gasteiger partial charge in [0, 0.05) is 30.5 Å². The number of sulfone groups is 1. The van der Waals surface area contributed by atoms with Crippen molar-refractivity contribution in [2.45, 2.75) is 31.0 Å². The summed E-state index contributed by atoms with van der Waals surface area (Å²) in [5.74, 6) is 0.536. The second-order valence-corrected chi connectivity index (χ2v) is 9.37. The number of methoxy groups -OCH3 is 1. The number of aromatic nitrogens is 2. The van der Waals surface area contributed by atoms with Crippen LogP contribution in [0.4, 0.5) is 13.2 Å². The maximum Gasteiger partial charge on any atom is 0.433 e. The highest BCUT2D eigenvalue weighted by Crippen LogP contribution is 2.43. The number of aliphatic hydroxyl groups excluding tert-OH is 1. The van der Waals surface area contributed by atoms with Crippen molar-refractivity contribution in [2.24, 2.45) is 0 Å². The topological polar surface area (TPSA) is 81.4 Å². The molecule has 0 atom stereocenters. The van der Waals surface area contributed by atoms with E-state index in [-0.39, 0.29) is 35.7 Å². The van der Waals surface area contributed by atoms with Gasteiger partial charge in [-0.25, -0.2) is 8.42 Å². The summed E-state index contributed by atoms with van der Waals surface area (Å²) in [4.78, 5) is 0.0545. The summed E-state index contributed by atoms with van der Waals surface area (Å²) < 4.78 is 72.2. The summed E-state index contributed by atoms with van der Waals surface area (Å²) in [5, 5.41) is 13.4. The van der Waals surface area contributed by atoms with E-state index in [1.165, 1.54) is 37.4 Å². The minimum Gasteiger partial charge on any atom is -0.496 e. The zero-order valence-corrected chi connectivity index (χ0v) is 18.6. The van der Waals surface area contributed by atoms with Crippen LogP contribution in [0.5, 0.6) is 5.75 Å². The van der Waals surface area contributed by atoms with Gasteiger partial charge in [-0.3, -0.25) is 4.68 Å². The molecular weight excluding hydrogens is 445 g/mol. The van der Waals surface area contributed by atoms with Gasteiger partial charge in [0.1, 0.15) is 11.4 Å². The Balaban J connectivity index is 2.30. The lowest BCUT2D eigenvalue weighted by Gasteiger charge is -2.14. The average molecular weight is 468 g/mol. The van der Waals surface area contributed by atoms with Gasteiger partial charge in [-0.15, -0.1) is 0 Å². The van der Waals surface area contributed by atoms with Gasteiger partial charge in [0.15, 0.2) is 15.5 Å². The molecule has 0 aliphatic carbocycles. The maximum atomic E-state index is 14.2. The van der Waals surface area contributed by atoms with Crippen LogP contribution in [0.3, 0.4) is 0 Å². The van der Waals surface area contributed by atoms with Gasteiger partial charge in [0.2, 0.25) is 0 Å². The molecule has 2 aromatic carbocycles. The molecule has 0 saturated carbocycles. The summed E-state index contributed by atoms with van der Waals surface area (Å²) in [6.45, 7) is 1.31. The van der Waals surface area contributed by atoms with Gasteiger partial charge in [0.25, 0.3) is 0 Å². The van der Waals surface area contributed by atoms with Gasteiger partial charge in [0.05, 0.1) is 12.0 Å². The number of benzene rings is 2. The predicted octanol–water partition coefficient (Wildman–Crippen LogP) is 4.34. The van der Waals surface area contributed by atoms with Crippen molar-refractivity contribution in [1.29, 1.82) is 0 Å². The van der Waals surface area contributed by atoms with Gasteiger partial charge < -0.3 is 9.84 Å². The Morgan fingerprint density at radius 1 is 1.09 bits per heavy atom. The van der Waals surface area contributed by atoms with Gasteiger partial charge in [-0.1, -0.05) is 18.2 Å². The van der Waals surface area contributed by atoms with Crippen molar-refractivity contribution in [3.8, 4) is 28.1 Å². The molecule has 0 saturated heterocycles.